The van der Waals surface area contributed by atoms with E-state index in [1.807, 2.05) is 17.0 Å². The molecule has 2 aromatic rings. The highest BCUT2D eigenvalue weighted by molar-refractivity contribution is 5.75. The Morgan fingerprint density at radius 2 is 1.86 bits per heavy atom. The number of carbonyl (C=O) groups is 1. The smallest absolute Gasteiger partial charge is 0.317 e. The summed E-state index contributed by atoms with van der Waals surface area (Å²) in [7, 11) is 0. The summed E-state index contributed by atoms with van der Waals surface area (Å²) in [6, 6.07) is 4.29. The zero-order chi connectivity index (χ0) is 18.9. The van der Waals surface area contributed by atoms with Gasteiger partial charge in [-0.15, -0.1) is 10.2 Å². The van der Waals surface area contributed by atoms with E-state index in [1.54, 1.807) is 6.20 Å². The molecule has 8 heteroatoms. The Morgan fingerprint density at radius 3 is 2.61 bits per heavy atom. The zero-order valence-corrected chi connectivity index (χ0v) is 16.0. The first-order chi connectivity index (χ1) is 13.8. The van der Waals surface area contributed by atoms with E-state index in [9.17, 15) is 4.79 Å². The SMILES string of the molecule is O=C(NC1CCCC1)N1CCN(c2ncccc2-c2nnc(C3CC3)o2)CC1. The molecule has 2 amide bonds. The van der Waals surface area contributed by atoms with Crippen LogP contribution in [0, 0.1) is 0 Å². The number of pyridine rings is 1. The number of hydrogen-bond donors (Lipinski definition) is 1. The number of urea groups is 1. The summed E-state index contributed by atoms with van der Waals surface area (Å²) in [5.74, 6) is 2.55. The maximum Gasteiger partial charge on any atom is 0.317 e. The van der Waals surface area contributed by atoms with E-state index in [1.165, 1.54) is 12.8 Å². The van der Waals surface area contributed by atoms with E-state index in [0.717, 1.165) is 56.0 Å². The van der Waals surface area contributed by atoms with Crippen LogP contribution in [-0.4, -0.2) is 58.3 Å². The van der Waals surface area contributed by atoms with E-state index in [0.29, 0.717) is 30.9 Å². The molecular weight excluding hydrogens is 356 g/mol. The molecule has 0 spiro atoms. The highest BCUT2D eigenvalue weighted by Gasteiger charge is 2.31. The average Bonchev–Trinajstić information content (AvgIpc) is 3.24. The molecule has 5 rings (SSSR count). The summed E-state index contributed by atoms with van der Waals surface area (Å²) in [6.45, 7) is 2.86. The summed E-state index contributed by atoms with van der Waals surface area (Å²) in [5, 5.41) is 11.6. The molecule has 0 atom stereocenters. The van der Waals surface area contributed by atoms with Gasteiger partial charge >= 0.3 is 6.03 Å². The van der Waals surface area contributed by atoms with Crippen molar-refractivity contribution in [3.05, 3.63) is 24.2 Å². The second-order valence-electron chi connectivity index (χ2n) is 8.00. The molecule has 0 bridgehead atoms. The largest absolute Gasteiger partial charge is 0.420 e. The van der Waals surface area contributed by atoms with Crippen LogP contribution in [0.1, 0.15) is 50.3 Å². The number of nitrogens with zero attached hydrogens (tertiary/aromatic N) is 5. The number of piperazine rings is 1. The van der Waals surface area contributed by atoms with Crippen molar-refractivity contribution < 1.29 is 9.21 Å². The second-order valence-corrected chi connectivity index (χ2v) is 8.00. The van der Waals surface area contributed by atoms with E-state index in [4.69, 9.17) is 4.42 Å². The lowest BCUT2D eigenvalue weighted by atomic mass is 10.2. The minimum absolute atomic E-state index is 0.0683. The first-order valence-electron chi connectivity index (χ1n) is 10.4. The molecule has 0 unspecified atom stereocenters. The van der Waals surface area contributed by atoms with E-state index in [-0.39, 0.29) is 6.03 Å². The molecule has 3 heterocycles. The maximum absolute atomic E-state index is 12.5. The molecule has 8 nitrogen and oxygen atoms in total. The van der Waals surface area contributed by atoms with Crippen molar-refractivity contribution in [1.82, 2.24) is 25.4 Å². The number of rotatable bonds is 4. The van der Waals surface area contributed by atoms with Gasteiger partial charge in [-0.05, 0) is 37.8 Å². The summed E-state index contributed by atoms with van der Waals surface area (Å²) < 4.78 is 5.90. The fourth-order valence-corrected chi connectivity index (χ4v) is 4.11. The quantitative estimate of drug-likeness (QED) is 0.875. The van der Waals surface area contributed by atoms with Crippen molar-refractivity contribution in [3.8, 4) is 11.5 Å². The molecule has 28 heavy (non-hydrogen) atoms. The van der Waals surface area contributed by atoms with Gasteiger partial charge in [0.1, 0.15) is 5.82 Å². The Balaban J connectivity index is 1.25. The Morgan fingerprint density at radius 1 is 1.07 bits per heavy atom. The van der Waals surface area contributed by atoms with Gasteiger partial charge in [0, 0.05) is 44.3 Å². The van der Waals surface area contributed by atoms with E-state index >= 15 is 0 Å². The summed E-state index contributed by atoms with van der Waals surface area (Å²) in [4.78, 5) is 21.2. The lowest BCUT2D eigenvalue weighted by Crippen LogP contribution is -2.53. The molecule has 0 aromatic carbocycles. The van der Waals surface area contributed by atoms with Gasteiger partial charge in [0.2, 0.25) is 5.89 Å². The van der Waals surface area contributed by atoms with Crippen molar-refractivity contribution in [1.29, 1.82) is 0 Å². The summed E-state index contributed by atoms with van der Waals surface area (Å²) in [6.07, 6.45) is 8.71. The molecule has 2 saturated carbocycles. The fourth-order valence-electron chi connectivity index (χ4n) is 4.11. The van der Waals surface area contributed by atoms with Gasteiger partial charge in [0.05, 0.1) is 5.56 Å². The van der Waals surface area contributed by atoms with Crippen molar-refractivity contribution in [2.24, 2.45) is 0 Å². The van der Waals surface area contributed by atoms with Crippen LogP contribution < -0.4 is 10.2 Å². The molecule has 148 valence electrons. The van der Waals surface area contributed by atoms with Gasteiger partial charge in [-0.25, -0.2) is 9.78 Å². The Kier molecular flexibility index (Phi) is 4.62. The number of amides is 2. The molecule has 3 fully saturated rings. The lowest BCUT2D eigenvalue weighted by molar-refractivity contribution is 0.190. The third-order valence-corrected chi connectivity index (χ3v) is 5.93. The van der Waals surface area contributed by atoms with Crippen molar-refractivity contribution in [2.75, 3.05) is 31.1 Å². The second kappa shape index (κ2) is 7.41. The normalized spacial score (nSPS) is 20.6. The number of aromatic nitrogens is 3. The van der Waals surface area contributed by atoms with Crippen LogP contribution in [-0.2, 0) is 0 Å². The lowest BCUT2D eigenvalue weighted by Gasteiger charge is -2.36. The molecule has 1 saturated heterocycles. The molecule has 2 aromatic heterocycles. The third-order valence-electron chi connectivity index (χ3n) is 5.93. The van der Waals surface area contributed by atoms with Crippen LogP contribution in [0.2, 0.25) is 0 Å². The van der Waals surface area contributed by atoms with Crippen LogP contribution in [0.25, 0.3) is 11.5 Å². The minimum Gasteiger partial charge on any atom is -0.420 e. The van der Waals surface area contributed by atoms with Crippen LogP contribution in [0.4, 0.5) is 10.6 Å². The topological polar surface area (TPSA) is 87.4 Å². The molecule has 1 aliphatic heterocycles. The number of nitrogens with one attached hydrogen (secondary N) is 1. The highest BCUT2D eigenvalue weighted by atomic mass is 16.4. The average molecular weight is 382 g/mol. The van der Waals surface area contributed by atoms with Crippen molar-refractivity contribution >= 4 is 11.8 Å². The number of carbonyl (C=O) groups excluding carboxylic acids is 1. The summed E-state index contributed by atoms with van der Waals surface area (Å²) in [5.41, 5.74) is 0.866. The molecule has 1 N–H and O–H groups in total. The van der Waals surface area contributed by atoms with E-state index < -0.39 is 0 Å². The predicted molar refractivity (Wildman–Crippen MR) is 104 cm³/mol. The Labute approximate surface area is 164 Å². The van der Waals surface area contributed by atoms with Gasteiger partial charge in [0.15, 0.2) is 0 Å². The van der Waals surface area contributed by atoms with Gasteiger partial charge in [-0.2, -0.15) is 0 Å². The number of hydrogen-bond acceptors (Lipinski definition) is 6. The molecule has 2 aliphatic carbocycles. The van der Waals surface area contributed by atoms with Gasteiger partial charge in [-0.3, -0.25) is 0 Å². The van der Waals surface area contributed by atoms with Gasteiger partial charge in [0.25, 0.3) is 5.89 Å². The first-order valence-corrected chi connectivity index (χ1v) is 10.4. The van der Waals surface area contributed by atoms with Crippen LogP contribution in [0.5, 0.6) is 0 Å². The summed E-state index contributed by atoms with van der Waals surface area (Å²) >= 11 is 0. The van der Waals surface area contributed by atoms with Crippen LogP contribution in [0.3, 0.4) is 0 Å². The Bertz CT molecular complexity index is 835. The van der Waals surface area contributed by atoms with Crippen molar-refractivity contribution in [3.63, 3.8) is 0 Å². The monoisotopic (exact) mass is 382 g/mol. The standard InChI is InChI=1S/C20H26N6O2/c27-20(22-15-4-1-2-5-15)26-12-10-25(11-13-26)17-16(6-3-9-21-17)19-24-23-18(28-19)14-7-8-14/h3,6,9,14-15H,1-2,4-5,7-8,10-13H2,(H,22,27). The first kappa shape index (κ1) is 17.5. The van der Waals surface area contributed by atoms with Crippen LogP contribution in [0.15, 0.2) is 22.7 Å². The minimum atomic E-state index is 0.0683. The molecular formula is C20H26N6O2. The molecule has 3 aliphatic rings. The van der Waals surface area contributed by atoms with Gasteiger partial charge in [-0.1, -0.05) is 12.8 Å². The van der Waals surface area contributed by atoms with Gasteiger partial charge < -0.3 is 19.5 Å². The maximum atomic E-state index is 12.5. The highest BCUT2D eigenvalue weighted by Crippen LogP contribution is 2.40. The zero-order valence-electron chi connectivity index (χ0n) is 16.0. The van der Waals surface area contributed by atoms with E-state index in [2.05, 4.69) is 25.4 Å². The van der Waals surface area contributed by atoms with Crippen molar-refractivity contribution in [2.45, 2.75) is 50.5 Å². The fraction of sp³-hybridized carbons (Fsp3) is 0.600. The molecule has 0 radical (unpaired) electrons. The number of anilines is 1. The predicted octanol–water partition coefficient (Wildman–Crippen LogP) is 2.78. The third kappa shape index (κ3) is 3.55. The van der Waals surface area contributed by atoms with Crippen LogP contribution >= 0.6 is 0 Å². The Hall–Kier alpha value is -2.64.